The molecule has 0 spiro atoms. The summed E-state index contributed by atoms with van der Waals surface area (Å²) in [4.78, 5) is 12.1. The number of unbranched alkanes of at least 4 members (excludes halogenated alkanes) is 1. The normalized spacial score (nSPS) is 13.8. The van der Waals surface area contributed by atoms with Crippen LogP contribution in [-0.2, 0) is 0 Å². The average molecular weight is 325 g/mol. The number of nitrogens with one attached hydrogen (secondary N) is 2. The van der Waals surface area contributed by atoms with E-state index in [1.807, 2.05) is 24.3 Å². The fraction of sp³-hybridized carbons (Fsp3) is 0.471. The molecule has 0 fully saturated rings. The van der Waals surface area contributed by atoms with Crippen LogP contribution < -0.4 is 15.4 Å². The molecule has 122 valence electrons. The maximum Gasteiger partial charge on any atom is 0.251 e. The van der Waals surface area contributed by atoms with Crippen LogP contribution in [0.1, 0.15) is 36.5 Å². The third-order valence-corrected chi connectivity index (χ3v) is 3.52. The van der Waals surface area contributed by atoms with E-state index in [-0.39, 0.29) is 18.3 Å². The lowest BCUT2D eigenvalue weighted by atomic mass is 10.1. The van der Waals surface area contributed by atoms with Gasteiger partial charge in [-0.1, -0.05) is 25.0 Å². The highest BCUT2D eigenvalue weighted by Gasteiger charge is 2.08. The van der Waals surface area contributed by atoms with E-state index in [2.05, 4.69) is 23.6 Å². The van der Waals surface area contributed by atoms with E-state index in [4.69, 9.17) is 4.74 Å². The van der Waals surface area contributed by atoms with Gasteiger partial charge < -0.3 is 15.4 Å². The van der Waals surface area contributed by atoms with Gasteiger partial charge in [0.05, 0.1) is 6.61 Å². The van der Waals surface area contributed by atoms with Crippen LogP contribution in [0.4, 0.5) is 0 Å². The molecular weight excluding hydrogens is 300 g/mol. The van der Waals surface area contributed by atoms with Gasteiger partial charge in [-0.05, 0) is 43.7 Å². The Morgan fingerprint density at radius 1 is 1.32 bits per heavy atom. The Bertz CT molecular complexity index is 486. The molecule has 0 aromatic heterocycles. The highest BCUT2D eigenvalue weighted by Crippen LogP contribution is 2.13. The minimum Gasteiger partial charge on any atom is -0.494 e. The molecule has 0 saturated carbocycles. The van der Waals surface area contributed by atoms with E-state index in [1.165, 1.54) is 5.57 Å². The van der Waals surface area contributed by atoms with Gasteiger partial charge in [-0.3, -0.25) is 4.79 Å². The highest BCUT2D eigenvalue weighted by molar-refractivity contribution is 5.94. The molecule has 2 rings (SSSR count). The number of hydrogen-bond donors (Lipinski definition) is 2. The Hall–Kier alpha value is -1.52. The zero-order valence-electron chi connectivity index (χ0n) is 13.1. The molecule has 2 N–H and O–H groups in total. The molecule has 0 atom stereocenters. The molecule has 0 aliphatic carbocycles. The van der Waals surface area contributed by atoms with Crippen molar-refractivity contribution in [3.8, 4) is 5.75 Å². The van der Waals surface area contributed by atoms with Crippen molar-refractivity contribution in [2.75, 3.05) is 26.2 Å². The molecule has 1 aliphatic rings. The lowest BCUT2D eigenvalue weighted by Crippen LogP contribution is -2.29. The number of hydrogen-bond acceptors (Lipinski definition) is 3. The van der Waals surface area contributed by atoms with Gasteiger partial charge in [0.25, 0.3) is 5.91 Å². The molecule has 4 nitrogen and oxygen atoms in total. The van der Waals surface area contributed by atoms with Crippen LogP contribution in [0.15, 0.2) is 35.9 Å². The molecule has 5 heteroatoms. The summed E-state index contributed by atoms with van der Waals surface area (Å²) in [6, 6.07) is 7.34. The van der Waals surface area contributed by atoms with Crippen molar-refractivity contribution in [2.24, 2.45) is 0 Å². The van der Waals surface area contributed by atoms with Crippen molar-refractivity contribution >= 4 is 18.3 Å². The first-order valence-corrected chi connectivity index (χ1v) is 7.69. The fourth-order valence-electron chi connectivity index (χ4n) is 2.16. The van der Waals surface area contributed by atoms with Crippen molar-refractivity contribution < 1.29 is 9.53 Å². The summed E-state index contributed by atoms with van der Waals surface area (Å²) >= 11 is 0. The standard InChI is InChI=1S/C17H24N2O2.ClH/c1-2-3-12-21-16-6-4-15(5-7-16)17(20)19-13-14-8-10-18-11-9-14;/h4-8,18H,2-3,9-13H2,1H3,(H,19,20);1H. The highest BCUT2D eigenvalue weighted by atomic mass is 35.5. The van der Waals surface area contributed by atoms with Gasteiger partial charge in [0.1, 0.15) is 5.75 Å². The second-order valence-electron chi connectivity index (χ2n) is 5.23. The molecule has 0 saturated heterocycles. The van der Waals surface area contributed by atoms with Crippen molar-refractivity contribution in [1.82, 2.24) is 10.6 Å². The third-order valence-electron chi connectivity index (χ3n) is 3.52. The minimum atomic E-state index is -0.0328. The van der Waals surface area contributed by atoms with Crippen LogP contribution in [0.25, 0.3) is 0 Å². The van der Waals surface area contributed by atoms with Crippen LogP contribution >= 0.6 is 12.4 Å². The summed E-state index contributed by atoms with van der Waals surface area (Å²) in [6.45, 7) is 5.38. The summed E-state index contributed by atoms with van der Waals surface area (Å²) in [5.41, 5.74) is 1.97. The first-order chi connectivity index (χ1) is 10.3. The van der Waals surface area contributed by atoms with E-state index in [9.17, 15) is 4.79 Å². The van der Waals surface area contributed by atoms with Crippen molar-refractivity contribution in [1.29, 1.82) is 0 Å². The topological polar surface area (TPSA) is 50.4 Å². The summed E-state index contributed by atoms with van der Waals surface area (Å²) < 4.78 is 5.59. The first-order valence-electron chi connectivity index (χ1n) is 7.69. The van der Waals surface area contributed by atoms with Gasteiger partial charge in [0.15, 0.2) is 0 Å². The van der Waals surface area contributed by atoms with Gasteiger partial charge in [-0.2, -0.15) is 0 Å². The molecule has 1 aromatic carbocycles. The monoisotopic (exact) mass is 324 g/mol. The van der Waals surface area contributed by atoms with Crippen LogP contribution in [-0.4, -0.2) is 32.1 Å². The minimum absolute atomic E-state index is 0. The van der Waals surface area contributed by atoms with E-state index >= 15 is 0 Å². The van der Waals surface area contributed by atoms with Crippen LogP contribution in [0.3, 0.4) is 0 Å². The van der Waals surface area contributed by atoms with Gasteiger partial charge in [0, 0.05) is 18.7 Å². The smallest absolute Gasteiger partial charge is 0.251 e. The zero-order valence-corrected chi connectivity index (χ0v) is 13.9. The summed E-state index contributed by atoms with van der Waals surface area (Å²) in [6.07, 6.45) is 5.32. The number of carbonyl (C=O) groups excluding carboxylic acids is 1. The molecule has 1 heterocycles. The molecule has 1 aliphatic heterocycles. The lowest BCUT2D eigenvalue weighted by Gasteiger charge is -2.14. The maximum absolute atomic E-state index is 12.1. The van der Waals surface area contributed by atoms with Crippen LogP contribution in [0, 0.1) is 0 Å². The summed E-state index contributed by atoms with van der Waals surface area (Å²) in [5.74, 6) is 0.788. The fourth-order valence-corrected chi connectivity index (χ4v) is 2.16. The Morgan fingerprint density at radius 2 is 2.09 bits per heavy atom. The zero-order chi connectivity index (χ0) is 14.9. The SMILES string of the molecule is CCCCOc1ccc(C(=O)NCC2=CCNCC2)cc1.Cl. The third kappa shape index (κ3) is 6.08. The van der Waals surface area contributed by atoms with Gasteiger partial charge >= 0.3 is 0 Å². The average Bonchev–Trinajstić information content (AvgIpc) is 2.54. The van der Waals surface area contributed by atoms with Crippen LogP contribution in [0.2, 0.25) is 0 Å². The molecular formula is C17H25ClN2O2. The van der Waals surface area contributed by atoms with Crippen molar-refractivity contribution in [2.45, 2.75) is 26.2 Å². The molecule has 22 heavy (non-hydrogen) atoms. The summed E-state index contributed by atoms with van der Waals surface area (Å²) in [7, 11) is 0. The Morgan fingerprint density at radius 3 is 2.73 bits per heavy atom. The Balaban J connectivity index is 0.00000242. The van der Waals surface area contributed by atoms with Crippen molar-refractivity contribution in [3.63, 3.8) is 0 Å². The van der Waals surface area contributed by atoms with E-state index in [1.54, 1.807) is 0 Å². The van der Waals surface area contributed by atoms with Gasteiger partial charge in [-0.15, -0.1) is 12.4 Å². The van der Waals surface area contributed by atoms with Crippen molar-refractivity contribution in [3.05, 3.63) is 41.5 Å². The second-order valence-corrected chi connectivity index (χ2v) is 5.23. The van der Waals surface area contributed by atoms with E-state index < -0.39 is 0 Å². The van der Waals surface area contributed by atoms with Gasteiger partial charge in [-0.25, -0.2) is 0 Å². The second kappa shape index (κ2) is 10.2. The maximum atomic E-state index is 12.1. The summed E-state index contributed by atoms with van der Waals surface area (Å²) in [5, 5.41) is 6.22. The molecule has 0 bridgehead atoms. The predicted molar refractivity (Wildman–Crippen MR) is 92.0 cm³/mol. The Labute approximate surface area is 138 Å². The number of amides is 1. The van der Waals surface area contributed by atoms with Gasteiger partial charge in [0.2, 0.25) is 0 Å². The number of ether oxygens (including phenoxy) is 1. The predicted octanol–water partition coefficient (Wildman–Crippen LogP) is 2.94. The molecule has 1 amide bonds. The first kappa shape index (κ1) is 18.5. The number of halogens is 1. The lowest BCUT2D eigenvalue weighted by molar-refractivity contribution is 0.0956. The number of rotatable bonds is 7. The number of carbonyl (C=O) groups is 1. The molecule has 0 radical (unpaired) electrons. The van der Waals surface area contributed by atoms with E-state index in [0.717, 1.165) is 44.7 Å². The quantitative estimate of drug-likeness (QED) is 0.599. The van der Waals surface area contributed by atoms with E-state index in [0.29, 0.717) is 12.1 Å². The number of benzene rings is 1. The molecule has 1 aromatic rings. The molecule has 0 unspecified atom stereocenters. The van der Waals surface area contributed by atoms with Crippen LogP contribution in [0.5, 0.6) is 5.75 Å². The largest absolute Gasteiger partial charge is 0.494 e. The Kier molecular flexibility index (Phi) is 8.63.